The van der Waals surface area contributed by atoms with E-state index in [9.17, 15) is 14.4 Å². The van der Waals surface area contributed by atoms with Crippen LogP contribution in [0.1, 0.15) is 35.9 Å². The number of hydrazine groups is 1. The van der Waals surface area contributed by atoms with Crippen molar-refractivity contribution in [1.82, 2.24) is 10.4 Å². The number of hydrogen-bond donors (Lipinski definition) is 2. The largest absolute Gasteiger partial charge is 0.462 e. The van der Waals surface area contributed by atoms with Crippen molar-refractivity contribution < 1.29 is 23.5 Å². The predicted molar refractivity (Wildman–Crippen MR) is 153 cm³/mol. The van der Waals surface area contributed by atoms with E-state index in [1.54, 1.807) is 48.5 Å². The van der Waals surface area contributed by atoms with Gasteiger partial charge in [-0.25, -0.2) is 15.0 Å². The van der Waals surface area contributed by atoms with Crippen molar-refractivity contribution in [3.63, 3.8) is 0 Å². The molecular formula is C26H21Cl2N3O5S2. The number of unbranched alkanes of at least 4 members (excludes halogenated alkanes) is 1. The number of esters is 1. The van der Waals surface area contributed by atoms with Gasteiger partial charge in [0.2, 0.25) is 0 Å². The highest BCUT2D eigenvalue weighted by molar-refractivity contribution is 8.26. The van der Waals surface area contributed by atoms with E-state index in [-0.39, 0.29) is 20.2 Å². The van der Waals surface area contributed by atoms with Crippen LogP contribution in [0.3, 0.4) is 0 Å². The topological polar surface area (TPSA) is 101 Å². The highest BCUT2D eigenvalue weighted by Gasteiger charge is 2.34. The van der Waals surface area contributed by atoms with Gasteiger partial charge >= 0.3 is 12.0 Å². The number of halogens is 2. The van der Waals surface area contributed by atoms with Crippen LogP contribution in [0.5, 0.6) is 0 Å². The molecule has 1 aromatic heterocycles. The molecule has 0 radical (unpaired) electrons. The summed E-state index contributed by atoms with van der Waals surface area (Å²) in [6, 6.07) is 14.2. The maximum atomic E-state index is 12.9. The molecule has 4 rings (SSSR count). The van der Waals surface area contributed by atoms with Crippen molar-refractivity contribution in [3.8, 4) is 11.3 Å². The zero-order valence-corrected chi connectivity index (χ0v) is 23.1. The van der Waals surface area contributed by atoms with Crippen LogP contribution in [0.4, 0.5) is 10.5 Å². The van der Waals surface area contributed by atoms with Crippen LogP contribution in [-0.2, 0) is 9.53 Å². The van der Waals surface area contributed by atoms with Gasteiger partial charge < -0.3 is 14.5 Å². The monoisotopic (exact) mass is 589 g/mol. The zero-order valence-electron chi connectivity index (χ0n) is 20.0. The number of thiocarbonyl (C=S) groups is 1. The van der Waals surface area contributed by atoms with Gasteiger partial charge in [0.15, 0.2) is 4.32 Å². The molecule has 12 heteroatoms. The Balaban J connectivity index is 1.39. The van der Waals surface area contributed by atoms with E-state index in [1.165, 1.54) is 12.1 Å². The molecule has 0 bridgehead atoms. The average Bonchev–Trinajstić information content (AvgIpc) is 3.46. The molecule has 1 aliphatic rings. The molecule has 0 saturated carbocycles. The Morgan fingerprint density at radius 2 is 1.87 bits per heavy atom. The SMILES string of the molecule is CCCCOC(=O)c1ccc(-c2ccc(/C=C3/SC(=S)N(NC(=O)Nc4ccc(Cl)c(Cl)c4)C3=O)o2)cc1. The van der Waals surface area contributed by atoms with E-state index in [0.717, 1.165) is 35.2 Å². The number of urea groups is 1. The van der Waals surface area contributed by atoms with Crippen LogP contribution < -0.4 is 10.7 Å². The molecule has 0 spiro atoms. The van der Waals surface area contributed by atoms with Gasteiger partial charge in [-0.2, -0.15) is 5.01 Å². The van der Waals surface area contributed by atoms with E-state index >= 15 is 0 Å². The van der Waals surface area contributed by atoms with Crippen molar-refractivity contribution in [2.75, 3.05) is 11.9 Å². The average molecular weight is 591 g/mol. The second kappa shape index (κ2) is 12.5. The summed E-state index contributed by atoms with van der Waals surface area (Å²) in [5.41, 5.74) is 4.02. The number of hydrogen-bond acceptors (Lipinski definition) is 7. The molecule has 3 amide bonds. The van der Waals surface area contributed by atoms with Crippen molar-refractivity contribution in [3.05, 3.63) is 80.9 Å². The Hall–Kier alpha value is -3.31. The first-order valence-electron chi connectivity index (χ1n) is 11.4. The molecule has 2 N–H and O–H groups in total. The molecule has 0 aliphatic carbocycles. The number of amides is 3. The summed E-state index contributed by atoms with van der Waals surface area (Å²) in [7, 11) is 0. The summed E-state index contributed by atoms with van der Waals surface area (Å²) >= 11 is 18.1. The number of rotatable bonds is 8. The van der Waals surface area contributed by atoms with Crippen LogP contribution in [0, 0.1) is 0 Å². The summed E-state index contributed by atoms with van der Waals surface area (Å²) in [5.74, 6) is 0.0974. The van der Waals surface area contributed by atoms with Gasteiger partial charge in [0.1, 0.15) is 11.5 Å². The van der Waals surface area contributed by atoms with Gasteiger partial charge in [0.25, 0.3) is 5.91 Å². The molecule has 38 heavy (non-hydrogen) atoms. The molecule has 1 saturated heterocycles. The highest BCUT2D eigenvalue weighted by atomic mass is 35.5. The minimum absolute atomic E-state index is 0.152. The number of furan rings is 1. The Morgan fingerprint density at radius 3 is 2.58 bits per heavy atom. The molecule has 1 aliphatic heterocycles. The minimum atomic E-state index is -0.682. The normalized spacial score (nSPS) is 14.2. The van der Waals surface area contributed by atoms with E-state index in [4.69, 9.17) is 44.6 Å². The zero-order chi connectivity index (χ0) is 27.2. The quantitative estimate of drug-likeness (QED) is 0.124. The number of thioether (sulfide) groups is 1. The van der Waals surface area contributed by atoms with Crippen LogP contribution in [0.25, 0.3) is 17.4 Å². The molecular weight excluding hydrogens is 569 g/mol. The van der Waals surface area contributed by atoms with Crippen molar-refractivity contribution >= 4 is 81.2 Å². The maximum absolute atomic E-state index is 12.9. The summed E-state index contributed by atoms with van der Waals surface area (Å²) in [4.78, 5) is 37.6. The van der Waals surface area contributed by atoms with Crippen LogP contribution >= 0.6 is 47.2 Å². The molecule has 8 nitrogen and oxygen atoms in total. The molecule has 1 fully saturated rings. The van der Waals surface area contributed by atoms with Gasteiger partial charge in [-0.05, 0) is 61.1 Å². The molecule has 196 valence electrons. The van der Waals surface area contributed by atoms with Crippen LogP contribution in [0.15, 0.2) is 63.9 Å². The van der Waals surface area contributed by atoms with Gasteiger partial charge in [-0.15, -0.1) is 0 Å². The number of ether oxygens (including phenoxy) is 1. The number of benzene rings is 2. The smallest absolute Gasteiger partial charge is 0.338 e. The molecule has 2 heterocycles. The summed E-state index contributed by atoms with van der Waals surface area (Å²) in [6.07, 6.45) is 3.31. The second-order valence-electron chi connectivity index (χ2n) is 7.98. The van der Waals surface area contributed by atoms with Crippen LogP contribution in [-0.4, -0.2) is 33.8 Å². The molecule has 2 aromatic carbocycles. The second-order valence-corrected chi connectivity index (χ2v) is 10.5. The third kappa shape index (κ3) is 6.76. The molecule has 0 unspecified atom stereocenters. The Bertz CT molecular complexity index is 1420. The standard InChI is InChI=1S/C26H21Cl2N3O5S2/c1-2-3-12-35-24(33)16-6-4-15(5-7-16)21-11-9-18(36-21)14-22-23(32)31(26(37)38-22)30-25(34)29-17-8-10-19(27)20(28)13-17/h4-11,13-14H,2-3,12H2,1H3,(H2,29,30,34)/b22-14+. The van der Waals surface area contributed by atoms with Gasteiger partial charge in [-0.3, -0.25) is 4.79 Å². The maximum Gasteiger partial charge on any atom is 0.338 e. The molecule has 0 atom stereocenters. The highest BCUT2D eigenvalue weighted by Crippen LogP contribution is 2.33. The van der Waals surface area contributed by atoms with E-state index in [1.807, 2.05) is 6.92 Å². The fourth-order valence-corrected chi connectivity index (χ4v) is 4.73. The van der Waals surface area contributed by atoms with Crippen molar-refractivity contribution in [1.29, 1.82) is 0 Å². The van der Waals surface area contributed by atoms with E-state index in [0.29, 0.717) is 34.4 Å². The molecule has 3 aromatic rings. The van der Waals surface area contributed by atoms with Crippen LogP contribution in [0.2, 0.25) is 10.0 Å². The lowest BCUT2D eigenvalue weighted by Gasteiger charge is -2.16. The number of nitrogens with zero attached hydrogens (tertiary/aromatic N) is 1. The lowest BCUT2D eigenvalue weighted by Crippen LogP contribution is -2.46. The summed E-state index contributed by atoms with van der Waals surface area (Å²) in [5, 5.41) is 4.16. The van der Waals surface area contributed by atoms with Gasteiger partial charge in [0.05, 0.1) is 27.1 Å². The number of carbonyl (C=O) groups is 3. The summed E-state index contributed by atoms with van der Waals surface area (Å²) in [6.45, 7) is 2.42. The first kappa shape index (κ1) is 27.7. The number of carbonyl (C=O) groups excluding carboxylic acids is 3. The fraction of sp³-hybridized carbons (Fsp3) is 0.154. The lowest BCUT2D eigenvalue weighted by molar-refractivity contribution is -0.123. The number of nitrogens with one attached hydrogen (secondary N) is 2. The summed E-state index contributed by atoms with van der Waals surface area (Å²) < 4.78 is 11.2. The van der Waals surface area contributed by atoms with Crippen molar-refractivity contribution in [2.45, 2.75) is 19.8 Å². The Morgan fingerprint density at radius 1 is 1.11 bits per heavy atom. The Labute approximate surface area is 238 Å². The fourth-order valence-electron chi connectivity index (χ4n) is 3.28. The lowest BCUT2D eigenvalue weighted by atomic mass is 10.1. The first-order chi connectivity index (χ1) is 18.2. The van der Waals surface area contributed by atoms with E-state index < -0.39 is 11.9 Å². The number of anilines is 1. The minimum Gasteiger partial charge on any atom is -0.462 e. The third-order valence-electron chi connectivity index (χ3n) is 5.22. The predicted octanol–water partition coefficient (Wildman–Crippen LogP) is 7.15. The van der Waals surface area contributed by atoms with E-state index in [2.05, 4.69) is 10.7 Å². The van der Waals surface area contributed by atoms with Gasteiger partial charge in [-0.1, -0.05) is 60.4 Å². The van der Waals surface area contributed by atoms with Gasteiger partial charge in [0, 0.05) is 17.3 Å². The first-order valence-corrected chi connectivity index (χ1v) is 13.4. The third-order valence-corrected chi connectivity index (χ3v) is 7.26. The van der Waals surface area contributed by atoms with Crippen molar-refractivity contribution in [2.24, 2.45) is 0 Å². The Kier molecular flexibility index (Phi) is 9.11.